The van der Waals surface area contributed by atoms with Crippen LogP contribution in [0.5, 0.6) is 0 Å². The number of ether oxygens (including phenoxy) is 1. The first-order valence-corrected chi connectivity index (χ1v) is 11.8. The topological polar surface area (TPSA) is 169 Å². The van der Waals surface area contributed by atoms with E-state index in [0.29, 0.717) is 45.1 Å². The maximum atomic E-state index is 13.6. The minimum Gasteiger partial charge on any atom is -0.450 e. The highest BCUT2D eigenvalue weighted by Gasteiger charge is 2.47. The number of benzene rings is 1. The van der Waals surface area contributed by atoms with Crippen LogP contribution in [0.3, 0.4) is 0 Å². The van der Waals surface area contributed by atoms with E-state index in [1.807, 2.05) is 30.3 Å². The normalized spacial score (nSPS) is 18.2. The second kappa shape index (κ2) is 14.9. The van der Waals surface area contributed by atoms with E-state index in [2.05, 4.69) is 15.6 Å². The third-order valence-electron chi connectivity index (χ3n) is 5.99. The highest BCUT2D eigenvalue weighted by molar-refractivity contribution is 5.95. The Morgan fingerprint density at radius 3 is 2.53 bits per heavy atom. The number of aldehydes is 1. The van der Waals surface area contributed by atoms with E-state index in [4.69, 9.17) is 16.2 Å². The summed E-state index contributed by atoms with van der Waals surface area (Å²) in [5.74, 6) is -0.838. The molecule has 36 heavy (non-hydrogen) atoms. The number of aliphatic imine (C=N–C) groups is 1. The minimum atomic E-state index is -1.16. The number of carbonyl (C=O) groups excluding carboxylic acids is 4. The number of hydrogen-bond donors (Lipinski definition) is 4. The fourth-order valence-electron chi connectivity index (χ4n) is 4.12. The number of likely N-dealkylation sites (tertiary alicyclic amines) is 1. The monoisotopic (exact) mass is 524 g/mol. The number of carbonyl (C=O) groups is 4. The molecule has 1 fully saturated rings. The van der Waals surface area contributed by atoms with E-state index in [1.165, 1.54) is 4.90 Å². The quantitative estimate of drug-likeness (QED) is 0.136. The highest BCUT2D eigenvalue weighted by atomic mass is 35.5. The van der Waals surface area contributed by atoms with Crippen LogP contribution in [0.2, 0.25) is 0 Å². The molecule has 0 aromatic heterocycles. The van der Waals surface area contributed by atoms with Crippen molar-refractivity contribution in [2.24, 2.45) is 16.5 Å². The molecule has 0 radical (unpaired) electrons. The zero-order chi connectivity index (χ0) is 25.8. The Balaban J connectivity index is 0.00000648. The van der Waals surface area contributed by atoms with Gasteiger partial charge >= 0.3 is 6.09 Å². The maximum Gasteiger partial charge on any atom is 0.407 e. The fourth-order valence-corrected chi connectivity index (χ4v) is 4.12. The van der Waals surface area contributed by atoms with E-state index < -0.39 is 29.6 Å². The summed E-state index contributed by atoms with van der Waals surface area (Å²) in [5.41, 5.74) is 10.3. The molecule has 11 nitrogen and oxygen atoms in total. The first-order valence-electron chi connectivity index (χ1n) is 11.8. The van der Waals surface area contributed by atoms with Crippen LogP contribution in [0.1, 0.15) is 45.1 Å². The molecule has 1 aromatic carbocycles. The summed E-state index contributed by atoms with van der Waals surface area (Å²) >= 11 is 0. The van der Waals surface area contributed by atoms with Crippen LogP contribution in [0, 0.1) is 0 Å². The molecule has 3 atom stereocenters. The maximum absolute atomic E-state index is 13.6. The van der Waals surface area contributed by atoms with Gasteiger partial charge in [-0.3, -0.25) is 14.6 Å². The Labute approximate surface area is 217 Å². The Hall–Kier alpha value is -3.34. The number of amides is 3. The third-order valence-corrected chi connectivity index (χ3v) is 5.99. The molecule has 1 aromatic rings. The molecule has 0 spiro atoms. The van der Waals surface area contributed by atoms with Gasteiger partial charge in [0.2, 0.25) is 11.8 Å². The van der Waals surface area contributed by atoms with Crippen LogP contribution >= 0.6 is 12.4 Å². The lowest BCUT2D eigenvalue weighted by atomic mass is 9.95. The molecule has 2 rings (SSSR count). The lowest BCUT2D eigenvalue weighted by Crippen LogP contribution is -2.61. The molecule has 1 heterocycles. The zero-order valence-corrected chi connectivity index (χ0v) is 21.6. The second-order valence-electron chi connectivity index (χ2n) is 8.64. The summed E-state index contributed by atoms with van der Waals surface area (Å²) in [4.78, 5) is 55.9. The van der Waals surface area contributed by atoms with Gasteiger partial charge in [-0.1, -0.05) is 30.3 Å². The van der Waals surface area contributed by atoms with Gasteiger partial charge in [0.15, 0.2) is 5.96 Å². The number of nitrogens with zero attached hydrogens (tertiary/aromatic N) is 2. The first-order chi connectivity index (χ1) is 16.7. The average Bonchev–Trinajstić information content (AvgIpc) is 3.23. The van der Waals surface area contributed by atoms with Crippen LogP contribution in [0.4, 0.5) is 4.79 Å². The molecule has 3 amide bonds. The van der Waals surface area contributed by atoms with Crippen molar-refractivity contribution in [3.63, 3.8) is 0 Å². The molecule has 6 N–H and O–H groups in total. The van der Waals surface area contributed by atoms with Crippen LogP contribution in [-0.4, -0.2) is 72.4 Å². The second-order valence-corrected chi connectivity index (χ2v) is 8.64. The Kier molecular flexibility index (Phi) is 12.7. The van der Waals surface area contributed by atoms with Crippen molar-refractivity contribution < 1.29 is 23.9 Å². The predicted molar refractivity (Wildman–Crippen MR) is 139 cm³/mol. The highest BCUT2D eigenvalue weighted by Crippen LogP contribution is 2.30. The van der Waals surface area contributed by atoms with E-state index in [9.17, 15) is 19.2 Å². The van der Waals surface area contributed by atoms with Crippen LogP contribution in [-0.2, 0) is 25.5 Å². The van der Waals surface area contributed by atoms with Crippen molar-refractivity contribution in [3.05, 3.63) is 35.9 Å². The van der Waals surface area contributed by atoms with Crippen LogP contribution < -0.4 is 22.1 Å². The molecular formula is C24H37ClN6O5. The molecular weight excluding hydrogens is 488 g/mol. The summed E-state index contributed by atoms with van der Waals surface area (Å²) in [6.45, 7) is 4.22. The van der Waals surface area contributed by atoms with Crippen molar-refractivity contribution in [2.75, 3.05) is 19.7 Å². The Morgan fingerprint density at radius 2 is 1.92 bits per heavy atom. The SMILES string of the molecule is CCOC(=O)N[C@@H](Cc1ccccc1)C(=O)N1CCC[C@@]1(C)C(=O)N[C@H](C=O)CCCN=C(N)N.Cl. The van der Waals surface area contributed by atoms with Gasteiger partial charge in [-0.05, 0) is 45.1 Å². The van der Waals surface area contributed by atoms with Gasteiger partial charge in [-0.2, -0.15) is 0 Å². The van der Waals surface area contributed by atoms with Gasteiger partial charge in [0.25, 0.3) is 0 Å². The van der Waals surface area contributed by atoms with E-state index in [1.54, 1.807) is 13.8 Å². The average molecular weight is 525 g/mol. The predicted octanol–water partition coefficient (Wildman–Crippen LogP) is 0.884. The van der Waals surface area contributed by atoms with Gasteiger partial charge in [-0.25, -0.2) is 4.79 Å². The van der Waals surface area contributed by atoms with Crippen molar-refractivity contribution in [2.45, 2.75) is 63.6 Å². The molecule has 1 aliphatic rings. The zero-order valence-electron chi connectivity index (χ0n) is 20.8. The first kappa shape index (κ1) is 30.7. The molecule has 12 heteroatoms. The largest absolute Gasteiger partial charge is 0.450 e. The number of nitrogens with one attached hydrogen (secondary N) is 2. The van der Waals surface area contributed by atoms with Crippen molar-refractivity contribution in [1.82, 2.24) is 15.5 Å². The van der Waals surface area contributed by atoms with Gasteiger partial charge in [-0.15, -0.1) is 12.4 Å². The number of alkyl carbamates (subject to hydrolysis) is 1. The number of rotatable bonds is 12. The summed E-state index contributed by atoms with van der Waals surface area (Å²) in [7, 11) is 0. The van der Waals surface area contributed by atoms with Crippen molar-refractivity contribution in [3.8, 4) is 0 Å². The molecule has 1 aliphatic heterocycles. The van der Waals surface area contributed by atoms with Crippen molar-refractivity contribution >= 4 is 42.6 Å². The summed E-state index contributed by atoms with van der Waals surface area (Å²) in [5, 5.41) is 5.39. The molecule has 0 saturated carbocycles. The van der Waals surface area contributed by atoms with E-state index in [0.717, 1.165) is 5.56 Å². The molecule has 0 unspecified atom stereocenters. The molecule has 0 bridgehead atoms. The van der Waals surface area contributed by atoms with Crippen LogP contribution in [0.15, 0.2) is 35.3 Å². The third kappa shape index (κ3) is 8.71. The lowest BCUT2D eigenvalue weighted by Gasteiger charge is -2.37. The van der Waals surface area contributed by atoms with Gasteiger partial charge < -0.3 is 36.5 Å². The standard InChI is InChI=1S/C24H36N6O5.ClH/c1-3-35-23(34)29-19(15-17-9-5-4-6-10-17)20(32)30-14-8-12-24(30,2)21(33)28-18(16-31)11-7-13-27-22(25)26;/h4-6,9-10,16,18-19H,3,7-8,11-15H2,1-2H3,(H,28,33)(H,29,34)(H4,25,26,27);1H/t18-,19-,24-;/m0./s1. The molecule has 200 valence electrons. The molecule has 0 aliphatic carbocycles. The lowest BCUT2D eigenvalue weighted by molar-refractivity contribution is -0.146. The minimum absolute atomic E-state index is 0. The Morgan fingerprint density at radius 1 is 1.22 bits per heavy atom. The number of nitrogens with two attached hydrogens (primary N) is 2. The van der Waals surface area contributed by atoms with Gasteiger partial charge in [0, 0.05) is 19.5 Å². The molecule has 1 saturated heterocycles. The number of hydrogen-bond acceptors (Lipinski definition) is 6. The summed E-state index contributed by atoms with van der Waals surface area (Å²) in [6.07, 6.45) is 2.12. The number of halogens is 1. The summed E-state index contributed by atoms with van der Waals surface area (Å²) in [6, 6.07) is 7.64. The smallest absolute Gasteiger partial charge is 0.407 e. The van der Waals surface area contributed by atoms with E-state index >= 15 is 0 Å². The summed E-state index contributed by atoms with van der Waals surface area (Å²) < 4.78 is 4.99. The number of guanidine groups is 1. The van der Waals surface area contributed by atoms with Gasteiger partial charge in [0.05, 0.1) is 12.6 Å². The Bertz CT molecular complexity index is 912. The fraction of sp³-hybridized carbons (Fsp3) is 0.542. The van der Waals surface area contributed by atoms with Gasteiger partial charge in [0.1, 0.15) is 17.9 Å². The van der Waals surface area contributed by atoms with Crippen molar-refractivity contribution in [1.29, 1.82) is 0 Å². The van der Waals surface area contributed by atoms with E-state index in [-0.39, 0.29) is 37.3 Å². The van der Waals surface area contributed by atoms with Crippen LogP contribution in [0.25, 0.3) is 0 Å².